The molecule has 3 rings (SSSR count). The van der Waals surface area contributed by atoms with Gasteiger partial charge in [-0.1, -0.05) is 43.2 Å². The van der Waals surface area contributed by atoms with Gasteiger partial charge in [-0.05, 0) is 91.7 Å². The van der Waals surface area contributed by atoms with Crippen LogP contribution in [0.2, 0.25) is 0 Å². The summed E-state index contributed by atoms with van der Waals surface area (Å²) in [5, 5.41) is 36.0. The number of hydroxylamine groups is 1. The molecule has 46 heavy (non-hydrogen) atoms. The number of phenols is 1. The summed E-state index contributed by atoms with van der Waals surface area (Å²) >= 11 is 0. The smallest absolute Gasteiger partial charge is 0.355 e. The molecule has 3 aromatic rings. The highest BCUT2D eigenvalue weighted by Crippen LogP contribution is 2.22. The minimum Gasteiger partial charge on any atom is -0.508 e. The van der Waals surface area contributed by atoms with Gasteiger partial charge in [-0.3, -0.25) is 0 Å². The van der Waals surface area contributed by atoms with E-state index >= 15 is 0 Å². The van der Waals surface area contributed by atoms with Crippen molar-refractivity contribution < 1.29 is 38.9 Å². The number of hydrogen-bond acceptors (Lipinski definition) is 8. The summed E-state index contributed by atoms with van der Waals surface area (Å²) in [5.74, 6) is -1.11. The highest BCUT2D eigenvalue weighted by molar-refractivity contribution is 5.91. The molecule has 0 aliphatic rings. The number of aryl methyl sites for hydroxylation is 1. The molecule has 250 valence electrons. The molecule has 11 heteroatoms. The zero-order chi connectivity index (χ0) is 33.1. The minimum atomic E-state index is -0.697. The molecule has 0 radical (unpaired) electrons. The maximum atomic E-state index is 13.3. The molecule has 0 aliphatic heterocycles. The number of urea groups is 1. The van der Waals surface area contributed by atoms with Crippen molar-refractivity contribution >= 4 is 17.7 Å². The number of aliphatic hydroxyl groups excluding tert-OH is 2. The van der Waals surface area contributed by atoms with E-state index in [0.717, 1.165) is 74.3 Å². The van der Waals surface area contributed by atoms with E-state index in [0.29, 0.717) is 24.3 Å². The first-order valence-corrected chi connectivity index (χ1v) is 15.8. The van der Waals surface area contributed by atoms with Gasteiger partial charge in [0, 0.05) is 38.8 Å². The van der Waals surface area contributed by atoms with Crippen LogP contribution in [0.5, 0.6) is 5.75 Å². The van der Waals surface area contributed by atoms with Crippen LogP contribution in [0.15, 0.2) is 66.7 Å². The average molecular weight is 640 g/mol. The third-order valence-corrected chi connectivity index (χ3v) is 7.29. The quantitative estimate of drug-likeness (QED) is 0.0863. The second-order valence-corrected chi connectivity index (χ2v) is 11.1. The molecule has 0 fully saturated rings. The van der Waals surface area contributed by atoms with Crippen molar-refractivity contribution in [2.45, 2.75) is 71.1 Å². The van der Waals surface area contributed by atoms with E-state index in [-0.39, 0.29) is 24.6 Å². The number of carbonyl (C=O) groups is 2. The summed E-state index contributed by atoms with van der Waals surface area (Å²) in [6, 6.07) is 17.1. The van der Waals surface area contributed by atoms with Crippen molar-refractivity contribution in [1.82, 2.24) is 10.6 Å². The number of halogens is 1. The molecule has 1 atom stereocenters. The van der Waals surface area contributed by atoms with Gasteiger partial charge in [0.2, 0.25) is 0 Å². The van der Waals surface area contributed by atoms with E-state index in [1.165, 1.54) is 37.3 Å². The second-order valence-electron chi connectivity index (χ2n) is 11.1. The van der Waals surface area contributed by atoms with Crippen LogP contribution in [-0.2, 0) is 33.9 Å². The van der Waals surface area contributed by atoms with Gasteiger partial charge in [0.05, 0.1) is 18.4 Å². The van der Waals surface area contributed by atoms with Crippen molar-refractivity contribution in [2.24, 2.45) is 0 Å². The Morgan fingerprint density at radius 3 is 2.37 bits per heavy atom. The Morgan fingerprint density at radius 2 is 1.63 bits per heavy atom. The Balaban J connectivity index is 1.22. The Labute approximate surface area is 270 Å². The van der Waals surface area contributed by atoms with Crippen molar-refractivity contribution in [3.8, 4) is 5.75 Å². The molecule has 0 saturated heterocycles. The van der Waals surface area contributed by atoms with E-state index in [9.17, 15) is 29.3 Å². The van der Waals surface area contributed by atoms with Crippen LogP contribution in [0.1, 0.15) is 73.8 Å². The van der Waals surface area contributed by atoms with Crippen LogP contribution < -0.4 is 15.7 Å². The van der Waals surface area contributed by atoms with Gasteiger partial charge in [-0.2, -0.15) is 0 Å². The first kappa shape index (κ1) is 36.4. The summed E-state index contributed by atoms with van der Waals surface area (Å²) in [7, 11) is 0. The van der Waals surface area contributed by atoms with Crippen molar-refractivity contribution in [2.75, 3.05) is 31.4 Å². The summed E-state index contributed by atoms with van der Waals surface area (Å²) in [4.78, 5) is 29.3. The molecule has 10 nitrogen and oxygen atoms in total. The molecular formula is C35H46FN3O7. The summed E-state index contributed by atoms with van der Waals surface area (Å²) < 4.78 is 19.1. The molecule has 3 aromatic carbocycles. The van der Waals surface area contributed by atoms with Gasteiger partial charge in [-0.15, -0.1) is 5.06 Å². The first-order chi connectivity index (χ1) is 22.3. The minimum absolute atomic E-state index is 0.0250. The Bertz CT molecular complexity index is 1360. The molecule has 0 saturated carbocycles. The predicted octanol–water partition coefficient (Wildman–Crippen LogP) is 5.44. The number of aromatic hydroxyl groups is 1. The third kappa shape index (κ3) is 13.1. The van der Waals surface area contributed by atoms with Crippen molar-refractivity contribution in [1.29, 1.82) is 0 Å². The molecule has 2 amide bonds. The van der Waals surface area contributed by atoms with Gasteiger partial charge in [0.15, 0.2) is 0 Å². The molecule has 0 spiro atoms. The number of amides is 2. The molecule has 0 unspecified atom stereocenters. The predicted molar refractivity (Wildman–Crippen MR) is 173 cm³/mol. The lowest BCUT2D eigenvalue weighted by atomic mass is 10.1. The SMILES string of the molecule is CC(=O)ON(C(=O)NCc1cccc(CCCCOCCCCCCNC[C@H](O)c2ccc(O)c(CO)c2)c1)c1ccc(F)cc1. The number of nitrogens with one attached hydrogen (secondary N) is 2. The summed E-state index contributed by atoms with van der Waals surface area (Å²) in [5.41, 5.74) is 3.36. The highest BCUT2D eigenvalue weighted by atomic mass is 19.1. The fraction of sp³-hybridized carbons (Fsp3) is 0.429. The number of carbonyl (C=O) groups excluding carboxylic acids is 2. The Morgan fingerprint density at radius 1 is 0.913 bits per heavy atom. The number of unbranched alkanes of at least 4 members (excludes halogenated alkanes) is 4. The lowest BCUT2D eigenvalue weighted by Gasteiger charge is -2.21. The van der Waals surface area contributed by atoms with Crippen LogP contribution in [0.25, 0.3) is 0 Å². The monoisotopic (exact) mass is 639 g/mol. The zero-order valence-electron chi connectivity index (χ0n) is 26.4. The van der Waals surface area contributed by atoms with Gasteiger partial charge in [-0.25, -0.2) is 14.0 Å². The van der Waals surface area contributed by atoms with E-state index in [2.05, 4.69) is 10.6 Å². The van der Waals surface area contributed by atoms with E-state index in [1.54, 1.807) is 12.1 Å². The standard InChI is InChI=1S/C35H46FN3O7/c1-26(41)46-39(32-15-13-31(36)14-16-32)35(44)38-23-28-11-8-10-27(21-28)9-4-7-20-45-19-6-3-2-5-18-37-24-34(43)29-12-17-33(42)30(22-29)25-40/h8,10-17,21-22,34,37,40,42-43H,2-7,9,18-20,23-25H2,1H3,(H,38,44)/t34-/m0/s1. The lowest BCUT2D eigenvalue weighted by Crippen LogP contribution is -2.40. The molecule has 5 N–H and O–H groups in total. The fourth-order valence-electron chi connectivity index (χ4n) is 4.80. The Hall–Kier alpha value is -4.03. The van der Waals surface area contributed by atoms with Gasteiger partial charge < -0.3 is 35.5 Å². The van der Waals surface area contributed by atoms with Crippen LogP contribution >= 0.6 is 0 Å². The number of hydrogen-bond donors (Lipinski definition) is 5. The van der Waals surface area contributed by atoms with Crippen LogP contribution in [0.4, 0.5) is 14.9 Å². The Kier molecular flexibility index (Phi) is 16.0. The lowest BCUT2D eigenvalue weighted by molar-refractivity contribution is -0.141. The number of aliphatic hydroxyl groups is 2. The number of benzene rings is 3. The third-order valence-electron chi connectivity index (χ3n) is 7.29. The number of nitrogens with zero attached hydrogens (tertiary/aromatic N) is 1. The van der Waals surface area contributed by atoms with Gasteiger partial charge >= 0.3 is 12.0 Å². The largest absolute Gasteiger partial charge is 0.508 e. The summed E-state index contributed by atoms with van der Waals surface area (Å²) in [6.45, 7) is 3.81. The topological polar surface area (TPSA) is 141 Å². The highest BCUT2D eigenvalue weighted by Gasteiger charge is 2.19. The van der Waals surface area contributed by atoms with Gasteiger partial charge in [0.1, 0.15) is 11.6 Å². The van der Waals surface area contributed by atoms with Crippen LogP contribution in [-0.4, -0.2) is 53.6 Å². The molecule has 0 aliphatic carbocycles. The molecule has 0 aromatic heterocycles. The number of ether oxygens (including phenoxy) is 1. The van der Waals surface area contributed by atoms with E-state index in [1.807, 2.05) is 24.3 Å². The first-order valence-electron chi connectivity index (χ1n) is 15.8. The zero-order valence-corrected chi connectivity index (χ0v) is 26.4. The molecule has 0 bridgehead atoms. The number of rotatable bonds is 19. The van der Waals surface area contributed by atoms with Crippen molar-refractivity contribution in [3.63, 3.8) is 0 Å². The van der Waals surface area contributed by atoms with E-state index < -0.39 is 23.9 Å². The molecule has 0 heterocycles. The molecular weight excluding hydrogens is 593 g/mol. The average Bonchev–Trinajstić information content (AvgIpc) is 3.05. The second kappa shape index (κ2) is 20.2. The van der Waals surface area contributed by atoms with Crippen LogP contribution in [0.3, 0.4) is 0 Å². The summed E-state index contributed by atoms with van der Waals surface area (Å²) in [6.07, 6.45) is 6.27. The maximum absolute atomic E-state index is 13.3. The maximum Gasteiger partial charge on any atom is 0.355 e. The van der Waals surface area contributed by atoms with Crippen LogP contribution in [0, 0.1) is 5.82 Å². The number of anilines is 1. The van der Waals surface area contributed by atoms with E-state index in [4.69, 9.17) is 9.57 Å². The van der Waals surface area contributed by atoms with Gasteiger partial charge in [0.25, 0.3) is 0 Å². The van der Waals surface area contributed by atoms with Crippen molar-refractivity contribution in [3.05, 3.63) is 94.8 Å². The fourth-order valence-corrected chi connectivity index (χ4v) is 4.80. The normalized spacial score (nSPS) is 11.7.